The van der Waals surface area contributed by atoms with Crippen LogP contribution in [-0.2, 0) is 4.79 Å². The van der Waals surface area contributed by atoms with Crippen molar-refractivity contribution < 1.29 is 4.79 Å². The van der Waals surface area contributed by atoms with Gasteiger partial charge in [0.1, 0.15) is 0 Å². The third-order valence-corrected chi connectivity index (χ3v) is 3.99. The first-order valence-electron chi connectivity index (χ1n) is 7.00. The van der Waals surface area contributed by atoms with Gasteiger partial charge in [-0.1, -0.05) is 6.92 Å². The number of carbonyl (C=O) groups is 1. The van der Waals surface area contributed by atoms with Crippen molar-refractivity contribution in [2.24, 2.45) is 5.92 Å². The molecule has 2 aliphatic heterocycles. The lowest BCUT2D eigenvalue weighted by atomic mass is 9.97. The molecule has 2 rings (SSSR count). The van der Waals surface area contributed by atoms with Crippen molar-refractivity contribution >= 4 is 5.91 Å². The maximum Gasteiger partial charge on any atom is 0.220 e. The monoisotopic (exact) mass is 239 g/mol. The van der Waals surface area contributed by atoms with E-state index in [1.54, 1.807) is 0 Å². The van der Waals surface area contributed by atoms with E-state index in [9.17, 15) is 4.79 Å². The maximum absolute atomic E-state index is 11.2. The Bertz CT molecular complexity index is 251. The smallest absolute Gasteiger partial charge is 0.220 e. The third kappa shape index (κ3) is 3.96. The van der Waals surface area contributed by atoms with Gasteiger partial charge in [-0.05, 0) is 44.8 Å². The second kappa shape index (κ2) is 6.36. The van der Waals surface area contributed by atoms with Crippen LogP contribution < -0.4 is 10.6 Å². The highest BCUT2D eigenvalue weighted by Gasteiger charge is 2.24. The Kier molecular flexibility index (Phi) is 4.80. The van der Waals surface area contributed by atoms with E-state index >= 15 is 0 Å². The number of nitrogens with zero attached hydrogens (tertiary/aromatic N) is 1. The van der Waals surface area contributed by atoms with Crippen LogP contribution in [0.1, 0.15) is 32.6 Å². The van der Waals surface area contributed by atoms with Crippen molar-refractivity contribution in [2.75, 3.05) is 32.7 Å². The summed E-state index contributed by atoms with van der Waals surface area (Å²) in [6.07, 6.45) is 4.33. The fourth-order valence-corrected chi connectivity index (χ4v) is 2.89. The van der Waals surface area contributed by atoms with Crippen molar-refractivity contribution in [1.82, 2.24) is 15.5 Å². The van der Waals surface area contributed by atoms with Gasteiger partial charge in [-0.15, -0.1) is 0 Å². The third-order valence-electron chi connectivity index (χ3n) is 3.99. The lowest BCUT2D eigenvalue weighted by molar-refractivity contribution is -0.119. The quantitative estimate of drug-likeness (QED) is 0.738. The van der Waals surface area contributed by atoms with Gasteiger partial charge in [-0.3, -0.25) is 4.79 Å². The molecule has 2 aliphatic rings. The molecule has 0 spiro atoms. The molecular formula is C13H25N3O. The van der Waals surface area contributed by atoms with Crippen LogP contribution in [0, 0.1) is 5.92 Å². The molecule has 2 fully saturated rings. The molecule has 0 saturated carbocycles. The van der Waals surface area contributed by atoms with Crippen LogP contribution >= 0.6 is 0 Å². The largest absolute Gasteiger partial charge is 0.352 e. The Balaban J connectivity index is 1.73. The first-order chi connectivity index (χ1) is 8.28. The van der Waals surface area contributed by atoms with Gasteiger partial charge in [0.2, 0.25) is 5.91 Å². The summed E-state index contributed by atoms with van der Waals surface area (Å²) in [7, 11) is 0. The van der Waals surface area contributed by atoms with Crippen LogP contribution in [0.4, 0.5) is 0 Å². The Morgan fingerprint density at radius 3 is 2.59 bits per heavy atom. The first-order valence-corrected chi connectivity index (χ1v) is 7.00. The molecule has 98 valence electrons. The molecule has 4 nitrogen and oxygen atoms in total. The molecule has 2 heterocycles. The standard InChI is InChI=1S/C13H25N3O/c1-2-16(9-11-5-7-14-8-6-11)10-12-3-4-13(17)15-12/h11-12,14H,2-10H2,1H3,(H,15,17). The van der Waals surface area contributed by atoms with E-state index in [2.05, 4.69) is 22.5 Å². The van der Waals surface area contributed by atoms with Crippen LogP contribution in [-0.4, -0.2) is 49.6 Å². The van der Waals surface area contributed by atoms with Gasteiger partial charge in [0.15, 0.2) is 0 Å². The van der Waals surface area contributed by atoms with E-state index in [0.29, 0.717) is 6.04 Å². The normalized spacial score (nSPS) is 26.5. The zero-order chi connectivity index (χ0) is 12.1. The summed E-state index contributed by atoms with van der Waals surface area (Å²) in [4.78, 5) is 13.7. The second-order valence-corrected chi connectivity index (χ2v) is 5.35. The Morgan fingerprint density at radius 1 is 1.24 bits per heavy atom. The van der Waals surface area contributed by atoms with Crippen molar-refractivity contribution in [3.63, 3.8) is 0 Å². The van der Waals surface area contributed by atoms with E-state index in [-0.39, 0.29) is 5.91 Å². The van der Waals surface area contributed by atoms with Crippen LogP contribution in [0.15, 0.2) is 0 Å². The average molecular weight is 239 g/mol. The summed E-state index contributed by atoms with van der Waals surface area (Å²) >= 11 is 0. The fraction of sp³-hybridized carbons (Fsp3) is 0.923. The highest BCUT2D eigenvalue weighted by atomic mass is 16.1. The van der Waals surface area contributed by atoms with Gasteiger partial charge in [0.05, 0.1) is 0 Å². The van der Waals surface area contributed by atoms with Crippen LogP contribution in [0.3, 0.4) is 0 Å². The van der Waals surface area contributed by atoms with Crippen LogP contribution in [0.2, 0.25) is 0 Å². The summed E-state index contributed by atoms with van der Waals surface area (Å²) in [5, 5.41) is 6.47. The summed E-state index contributed by atoms with van der Waals surface area (Å²) in [5.74, 6) is 1.07. The summed E-state index contributed by atoms with van der Waals surface area (Å²) < 4.78 is 0. The molecule has 0 aromatic rings. The average Bonchev–Trinajstić information content (AvgIpc) is 2.75. The molecule has 0 aromatic carbocycles. The van der Waals surface area contributed by atoms with Gasteiger partial charge in [0.25, 0.3) is 0 Å². The minimum absolute atomic E-state index is 0.230. The second-order valence-electron chi connectivity index (χ2n) is 5.35. The molecule has 1 unspecified atom stereocenters. The molecule has 1 amide bonds. The zero-order valence-electron chi connectivity index (χ0n) is 10.9. The highest BCUT2D eigenvalue weighted by Crippen LogP contribution is 2.15. The summed E-state index contributed by atoms with van der Waals surface area (Å²) in [6.45, 7) is 7.88. The molecule has 0 radical (unpaired) electrons. The van der Waals surface area contributed by atoms with E-state index in [1.807, 2.05) is 0 Å². The van der Waals surface area contributed by atoms with Gasteiger partial charge >= 0.3 is 0 Å². The molecular weight excluding hydrogens is 214 g/mol. The van der Waals surface area contributed by atoms with E-state index in [0.717, 1.165) is 31.8 Å². The Hall–Kier alpha value is -0.610. The number of hydrogen-bond donors (Lipinski definition) is 2. The van der Waals surface area contributed by atoms with Gasteiger partial charge in [-0.25, -0.2) is 0 Å². The molecule has 17 heavy (non-hydrogen) atoms. The molecule has 4 heteroatoms. The van der Waals surface area contributed by atoms with Crippen LogP contribution in [0.5, 0.6) is 0 Å². The van der Waals surface area contributed by atoms with Gasteiger partial charge in [0, 0.05) is 25.6 Å². The minimum Gasteiger partial charge on any atom is -0.352 e. The van der Waals surface area contributed by atoms with Crippen molar-refractivity contribution in [3.8, 4) is 0 Å². The van der Waals surface area contributed by atoms with E-state index in [1.165, 1.54) is 32.5 Å². The molecule has 0 aliphatic carbocycles. The molecule has 0 bridgehead atoms. The predicted octanol–water partition coefficient (Wildman–Crippen LogP) is 0.587. The molecule has 2 saturated heterocycles. The topological polar surface area (TPSA) is 44.4 Å². The SMILES string of the molecule is CCN(CC1CCNCC1)CC1CCC(=O)N1. The predicted molar refractivity (Wildman–Crippen MR) is 68.9 cm³/mol. The van der Waals surface area contributed by atoms with E-state index < -0.39 is 0 Å². The molecule has 0 aromatic heterocycles. The first kappa shape index (κ1) is 12.8. The van der Waals surface area contributed by atoms with Gasteiger partial charge in [-0.2, -0.15) is 0 Å². The fourth-order valence-electron chi connectivity index (χ4n) is 2.89. The molecule has 1 atom stereocenters. The maximum atomic E-state index is 11.2. The highest BCUT2D eigenvalue weighted by molar-refractivity contribution is 5.78. The van der Waals surface area contributed by atoms with Crippen LogP contribution in [0.25, 0.3) is 0 Å². The summed E-state index contributed by atoms with van der Waals surface area (Å²) in [6, 6.07) is 0.393. The number of hydrogen-bond acceptors (Lipinski definition) is 3. The number of rotatable bonds is 5. The zero-order valence-corrected chi connectivity index (χ0v) is 10.9. The van der Waals surface area contributed by atoms with Crippen molar-refractivity contribution in [3.05, 3.63) is 0 Å². The van der Waals surface area contributed by atoms with Gasteiger partial charge < -0.3 is 15.5 Å². The number of piperidine rings is 1. The number of nitrogens with one attached hydrogen (secondary N) is 2. The number of likely N-dealkylation sites (N-methyl/N-ethyl adjacent to an activating group) is 1. The van der Waals surface area contributed by atoms with E-state index in [4.69, 9.17) is 0 Å². The number of carbonyl (C=O) groups excluding carboxylic acids is 1. The lowest BCUT2D eigenvalue weighted by Gasteiger charge is -2.30. The minimum atomic E-state index is 0.230. The molecule has 2 N–H and O–H groups in total. The summed E-state index contributed by atoms with van der Waals surface area (Å²) in [5.41, 5.74) is 0. The van der Waals surface area contributed by atoms with Crippen molar-refractivity contribution in [2.45, 2.75) is 38.6 Å². The Labute approximate surface area is 104 Å². The number of amides is 1. The van der Waals surface area contributed by atoms with Crippen molar-refractivity contribution in [1.29, 1.82) is 0 Å². The Morgan fingerprint density at radius 2 is 2.00 bits per heavy atom. The lowest BCUT2D eigenvalue weighted by Crippen LogP contribution is -2.42.